The van der Waals surface area contributed by atoms with Crippen molar-refractivity contribution in [1.82, 2.24) is 25.0 Å². The average molecular weight is 769 g/mol. The van der Waals surface area contributed by atoms with E-state index in [-0.39, 0.29) is 17.4 Å². The first-order valence-electron chi connectivity index (χ1n) is 18.0. The number of aromatic nitrogens is 1. The zero-order valence-electron chi connectivity index (χ0n) is 30.4. The second kappa shape index (κ2) is 16.4. The van der Waals surface area contributed by atoms with Crippen LogP contribution in [0.15, 0.2) is 54.9 Å². The van der Waals surface area contributed by atoms with Gasteiger partial charge in [-0.15, -0.1) is 0 Å². The van der Waals surface area contributed by atoms with Crippen molar-refractivity contribution in [1.29, 1.82) is 0 Å². The van der Waals surface area contributed by atoms with Gasteiger partial charge in [-0.25, -0.2) is 4.79 Å². The number of pyridine rings is 1. The fourth-order valence-corrected chi connectivity index (χ4v) is 8.42. The Labute approximate surface area is 320 Å². The van der Waals surface area contributed by atoms with Crippen LogP contribution in [0.3, 0.4) is 0 Å². The van der Waals surface area contributed by atoms with Gasteiger partial charge in [0.25, 0.3) is 5.91 Å². The molecule has 0 radical (unpaired) electrons. The van der Waals surface area contributed by atoms with Crippen molar-refractivity contribution < 1.29 is 33.7 Å². The number of hydrogen-bond donors (Lipinski definition) is 2. The van der Waals surface area contributed by atoms with Gasteiger partial charge in [0.2, 0.25) is 5.75 Å². The molecule has 3 fully saturated rings. The second-order valence-corrected chi connectivity index (χ2v) is 15.1. The van der Waals surface area contributed by atoms with Crippen molar-refractivity contribution in [2.45, 2.75) is 49.5 Å². The van der Waals surface area contributed by atoms with Gasteiger partial charge in [-0.2, -0.15) is 0 Å². The molecule has 3 aliphatic rings. The number of benzene rings is 2. The highest BCUT2D eigenvalue weighted by molar-refractivity contribution is 6.42. The van der Waals surface area contributed by atoms with Crippen LogP contribution in [0.2, 0.25) is 10.0 Å². The number of urea groups is 1. The number of likely N-dealkylation sites (tertiary alicyclic amines) is 3. The molecule has 0 bridgehead atoms. The minimum atomic E-state index is -0.805. The third-order valence-corrected chi connectivity index (χ3v) is 12.1. The molecule has 284 valence electrons. The number of carboxylic acids is 1. The Balaban J connectivity index is 1.18. The summed E-state index contributed by atoms with van der Waals surface area (Å²) >= 11 is 12.9. The minimum Gasteiger partial charge on any atom is -0.493 e. The van der Waals surface area contributed by atoms with E-state index in [1.165, 1.54) is 21.3 Å². The Morgan fingerprint density at radius 1 is 0.868 bits per heavy atom. The lowest BCUT2D eigenvalue weighted by Crippen LogP contribution is -2.57. The number of carbonyl (C=O) groups is 3. The van der Waals surface area contributed by atoms with Crippen LogP contribution in [0, 0.1) is 5.92 Å². The van der Waals surface area contributed by atoms with Crippen molar-refractivity contribution in [2.24, 2.45) is 5.92 Å². The topological polar surface area (TPSA) is 134 Å². The Morgan fingerprint density at radius 3 is 2.15 bits per heavy atom. The predicted molar refractivity (Wildman–Crippen MR) is 201 cm³/mol. The van der Waals surface area contributed by atoms with Gasteiger partial charge >= 0.3 is 12.0 Å². The molecule has 1 aromatic heterocycles. The molecule has 0 aliphatic carbocycles. The molecule has 1 atom stereocenters. The van der Waals surface area contributed by atoms with E-state index in [4.69, 9.17) is 37.4 Å². The molecule has 4 heterocycles. The summed E-state index contributed by atoms with van der Waals surface area (Å²) in [6, 6.07) is 12.9. The number of hydrogen-bond acceptors (Lipinski definition) is 8. The number of amides is 3. The average Bonchev–Trinajstić information content (AvgIpc) is 3.63. The first-order valence-corrected chi connectivity index (χ1v) is 18.7. The van der Waals surface area contributed by atoms with E-state index in [9.17, 15) is 19.5 Å². The summed E-state index contributed by atoms with van der Waals surface area (Å²) in [4.78, 5) is 49.5. The molecule has 3 aromatic rings. The molecule has 0 spiro atoms. The number of rotatable bonds is 11. The fourth-order valence-electron chi connectivity index (χ4n) is 8.12. The van der Waals surface area contributed by atoms with Crippen LogP contribution in [-0.4, -0.2) is 110 Å². The second-order valence-electron chi connectivity index (χ2n) is 14.2. The van der Waals surface area contributed by atoms with Gasteiger partial charge in [0, 0.05) is 62.6 Å². The zero-order valence-corrected chi connectivity index (χ0v) is 31.9. The summed E-state index contributed by atoms with van der Waals surface area (Å²) in [5.74, 6) is -0.101. The van der Waals surface area contributed by atoms with Crippen molar-refractivity contribution in [3.05, 3.63) is 81.6 Å². The molecule has 1 unspecified atom stereocenters. The first-order chi connectivity index (χ1) is 25.5. The number of ether oxygens (including phenoxy) is 3. The van der Waals surface area contributed by atoms with Crippen LogP contribution < -0.4 is 19.5 Å². The number of methoxy groups -OCH3 is 3. The van der Waals surface area contributed by atoms with Gasteiger partial charge in [0.1, 0.15) is 0 Å². The maximum Gasteiger partial charge on any atom is 0.318 e. The van der Waals surface area contributed by atoms with Crippen molar-refractivity contribution in [3.8, 4) is 17.2 Å². The standard InChI is InChI=1S/C39H47Cl2N5O7/c1-51-32-21-27(22-33(52-2)34(32)53-3)35(47)46-20-11-38(25-46,28-6-7-30(40)31(41)23-28)10-17-44-18-12-39(13-19-44,29-5-4-14-42-24-29)43-37(50)45-15-8-26(9-16-45)36(48)49/h4-7,14,21-24,26H,8-13,15-20,25H2,1-3H3,(H,43,50)(H,48,49). The summed E-state index contributed by atoms with van der Waals surface area (Å²) in [6.07, 6.45) is 7.32. The zero-order chi connectivity index (χ0) is 37.8. The fraction of sp³-hybridized carbons (Fsp3) is 0.487. The number of carboxylic acid groups (broad SMARTS) is 1. The quantitative estimate of drug-likeness (QED) is 0.238. The Kier molecular flexibility index (Phi) is 11.9. The van der Waals surface area contributed by atoms with Gasteiger partial charge < -0.3 is 39.3 Å². The van der Waals surface area contributed by atoms with E-state index in [0.29, 0.717) is 84.7 Å². The van der Waals surface area contributed by atoms with Gasteiger partial charge in [0.15, 0.2) is 11.5 Å². The molecule has 2 N–H and O–H groups in total. The SMILES string of the molecule is COc1cc(C(=O)N2CCC(CCN3CCC(NC(=O)N4CCC(C(=O)O)CC4)(c4cccnc4)CC3)(c3ccc(Cl)c(Cl)c3)C2)cc(OC)c1OC. The van der Waals surface area contributed by atoms with E-state index in [1.54, 1.807) is 23.2 Å². The van der Waals surface area contributed by atoms with Crippen molar-refractivity contribution >= 4 is 41.1 Å². The lowest BCUT2D eigenvalue weighted by atomic mass is 9.76. The number of carbonyl (C=O) groups excluding carboxylic acids is 2. The van der Waals surface area contributed by atoms with E-state index >= 15 is 0 Å². The molecule has 3 aliphatic heterocycles. The molecule has 12 nitrogen and oxygen atoms in total. The molecule has 3 saturated heterocycles. The van der Waals surface area contributed by atoms with Crippen LogP contribution in [0.5, 0.6) is 17.2 Å². The van der Waals surface area contributed by atoms with Crippen LogP contribution in [0.25, 0.3) is 0 Å². The van der Waals surface area contributed by atoms with Crippen LogP contribution >= 0.6 is 23.2 Å². The van der Waals surface area contributed by atoms with E-state index in [1.807, 2.05) is 41.4 Å². The molecule has 14 heteroatoms. The monoisotopic (exact) mass is 767 g/mol. The van der Waals surface area contributed by atoms with Gasteiger partial charge in [-0.3, -0.25) is 14.6 Å². The van der Waals surface area contributed by atoms with Crippen LogP contribution in [-0.2, 0) is 15.7 Å². The molecule has 3 amide bonds. The normalized spacial score (nSPS) is 20.5. The number of nitrogens with zero attached hydrogens (tertiary/aromatic N) is 4. The number of aliphatic carboxylic acids is 1. The Hall–Kier alpha value is -4.26. The maximum atomic E-state index is 14.0. The molecular formula is C39H47Cl2N5O7. The highest BCUT2D eigenvalue weighted by Gasteiger charge is 2.44. The third-order valence-electron chi connectivity index (χ3n) is 11.4. The Bertz CT molecular complexity index is 1770. The summed E-state index contributed by atoms with van der Waals surface area (Å²) < 4.78 is 16.5. The van der Waals surface area contributed by atoms with E-state index in [2.05, 4.69) is 15.2 Å². The minimum absolute atomic E-state index is 0.131. The lowest BCUT2D eigenvalue weighted by Gasteiger charge is -2.44. The van der Waals surface area contributed by atoms with Crippen LogP contribution in [0.1, 0.15) is 60.0 Å². The highest BCUT2D eigenvalue weighted by Crippen LogP contribution is 2.43. The third kappa shape index (κ3) is 8.14. The van der Waals surface area contributed by atoms with Gasteiger partial charge in [0.05, 0.1) is 42.8 Å². The van der Waals surface area contributed by atoms with Gasteiger partial charge in [-0.05, 0) is 86.5 Å². The van der Waals surface area contributed by atoms with Crippen molar-refractivity contribution in [2.75, 3.05) is 67.1 Å². The van der Waals surface area contributed by atoms with Crippen molar-refractivity contribution in [3.63, 3.8) is 0 Å². The lowest BCUT2D eigenvalue weighted by molar-refractivity contribution is -0.143. The van der Waals surface area contributed by atoms with Gasteiger partial charge in [-0.1, -0.05) is 35.3 Å². The van der Waals surface area contributed by atoms with E-state index < -0.39 is 17.4 Å². The summed E-state index contributed by atoms with van der Waals surface area (Å²) in [7, 11) is 4.58. The maximum absolute atomic E-state index is 14.0. The number of nitrogens with one attached hydrogen (secondary N) is 1. The molecular weight excluding hydrogens is 721 g/mol. The molecule has 53 heavy (non-hydrogen) atoms. The summed E-state index contributed by atoms with van der Waals surface area (Å²) in [5.41, 5.74) is 1.45. The predicted octanol–water partition coefficient (Wildman–Crippen LogP) is 6.09. The first kappa shape index (κ1) is 38.5. The number of halogens is 2. The summed E-state index contributed by atoms with van der Waals surface area (Å²) in [5, 5.41) is 13.7. The highest BCUT2D eigenvalue weighted by atomic mass is 35.5. The molecule has 2 aromatic carbocycles. The van der Waals surface area contributed by atoms with E-state index in [0.717, 1.165) is 43.6 Å². The smallest absolute Gasteiger partial charge is 0.318 e. The Morgan fingerprint density at radius 2 is 1.57 bits per heavy atom. The molecule has 0 saturated carbocycles. The number of piperidine rings is 2. The summed E-state index contributed by atoms with van der Waals surface area (Å²) in [6.45, 7) is 4.11. The molecule has 6 rings (SSSR count). The largest absolute Gasteiger partial charge is 0.493 e. The van der Waals surface area contributed by atoms with Crippen LogP contribution in [0.4, 0.5) is 4.79 Å².